The number of aliphatic carboxylic acids is 1. The van der Waals surface area contributed by atoms with Crippen LogP contribution in [0.1, 0.15) is 29.4 Å². The number of hydrogen-bond donors (Lipinski definition) is 1. The van der Waals surface area contributed by atoms with Crippen molar-refractivity contribution in [3.05, 3.63) is 29.6 Å². The molecule has 2 unspecified atom stereocenters. The maximum atomic E-state index is 12.4. The Bertz CT molecular complexity index is 557. The molecule has 1 saturated heterocycles. The van der Waals surface area contributed by atoms with Crippen molar-refractivity contribution < 1.29 is 27.9 Å². The zero-order valence-corrected chi connectivity index (χ0v) is 11.1. The van der Waals surface area contributed by atoms with Gasteiger partial charge in [0.05, 0.1) is 5.56 Å². The fourth-order valence-electron chi connectivity index (χ4n) is 2.39. The molecule has 0 saturated carbocycles. The van der Waals surface area contributed by atoms with Crippen LogP contribution in [0.2, 0.25) is 0 Å². The highest BCUT2D eigenvalue weighted by molar-refractivity contribution is 5.95. The molecule has 2 heterocycles. The van der Waals surface area contributed by atoms with E-state index in [2.05, 4.69) is 4.98 Å². The normalized spacial score (nSPS) is 22.4. The molecular weight excluding hydrogens is 289 g/mol. The molecule has 0 spiro atoms. The quantitative estimate of drug-likeness (QED) is 0.907. The molecule has 1 aliphatic heterocycles. The minimum atomic E-state index is -4.53. The van der Waals surface area contributed by atoms with Crippen molar-refractivity contribution in [2.75, 3.05) is 6.54 Å². The molecule has 1 aromatic heterocycles. The minimum Gasteiger partial charge on any atom is -0.480 e. The zero-order valence-electron chi connectivity index (χ0n) is 11.1. The van der Waals surface area contributed by atoms with Crippen LogP contribution in [0.15, 0.2) is 18.3 Å². The van der Waals surface area contributed by atoms with Crippen LogP contribution in [-0.4, -0.2) is 39.5 Å². The van der Waals surface area contributed by atoms with Gasteiger partial charge in [0.25, 0.3) is 5.91 Å². The third-order valence-corrected chi connectivity index (χ3v) is 3.52. The van der Waals surface area contributed by atoms with Crippen molar-refractivity contribution in [2.24, 2.45) is 5.92 Å². The summed E-state index contributed by atoms with van der Waals surface area (Å²) in [6.45, 7) is 1.96. The van der Waals surface area contributed by atoms with Crippen molar-refractivity contribution in [2.45, 2.75) is 25.6 Å². The van der Waals surface area contributed by atoms with Gasteiger partial charge in [-0.3, -0.25) is 9.78 Å². The Kier molecular flexibility index (Phi) is 3.89. The monoisotopic (exact) mass is 302 g/mol. The smallest absolute Gasteiger partial charge is 0.417 e. The number of amides is 1. The number of alkyl halides is 3. The molecule has 1 N–H and O–H groups in total. The highest BCUT2D eigenvalue weighted by atomic mass is 19.4. The summed E-state index contributed by atoms with van der Waals surface area (Å²) < 4.78 is 37.3. The van der Waals surface area contributed by atoms with Crippen molar-refractivity contribution in [3.63, 3.8) is 0 Å². The number of rotatable bonds is 2. The first-order valence-corrected chi connectivity index (χ1v) is 6.29. The van der Waals surface area contributed by atoms with Gasteiger partial charge in [0.15, 0.2) is 0 Å². The second-order valence-electron chi connectivity index (χ2n) is 4.98. The van der Waals surface area contributed by atoms with Crippen molar-refractivity contribution in [3.8, 4) is 0 Å². The molecule has 21 heavy (non-hydrogen) atoms. The Hall–Kier alpha value is -2.12. The van der Waals surface area contributed by atoms with E-state index in [0.29, 0.717) is 12.6 Å². The van der Waals surface area contributed by atoms with E-state index < -0.39 is 29.7 Å². The zero-order chi connectivity index (χ0) is 15.8. The molecule has 1 amide bonds. The van der Waals surface area contributed by atoms with Gasteiger partial charge in [-0.2, -0.15) is 13.2 Å². The molecule has 114 valence electrons. The maximum absolute atomic E-state index is 12.4. The minimum absolute atomic E-state index is 0.191. The first-order valence-electron chi connectivity index (χ1n) is 6.29. The van der Waals surface area contributed by atoms with Crippen molar-refractivity contribution >= 4 is 11.9 Å². The van der Waals surface area contributed by atoms with Crippen molar-refractivity contribution in [1.82, 2.24) is 9.88 Å². The van der Waals surface area contributed by atoms with E-state index in [4.69, 9.17) is 5.11 Å². The topological polar surface area (TPSA) is 70.5 Å². The Morgan fingerprint density at radius 1 is 1.38 bits per heavy atom. The van der Waals surface area contributed by atoms with Crippen LogP contribution in [0.4, 0.5) is 13.2 Å². The summed E-state index contributed by atoms with van der Waals surface area (Å²) in [5.74, 6) is -2.00. The highest BCUT2D eigenvalue weighted by Crippen LogP contribution is 2.29. The second kappa shape index (κ2) is 5.34. The lowest BCUT2D eigenvalue weighted by Gasteiger charge is -2.23. The van der Waals surface area contributed by atoms with Crippen LogP contribution in [0.25, 0.3) is 0 Å². The van der Waals surface area contributed by atoms with Gasteiger partial charge in [0.2, 0.25) is 0 Å². The van der Waals surface area contributed by atoms with E-state index in [9.17, 15) is 22.8 Å². The number of carbonyl (C=O) groups is 2. The summed E-state index contributed by atoms with van der Waals surface area (Å²) in [6.07, 6.45) is -3.42. The predicted octanol–water partition coefficient (Wildman–Crippen LogP) is 2.04. The van der Waals surface area contributed by atoms with Crippen LogP contribution in [0.5, 0.6) is 0 Å². The third-order valence-electron chi connectivity index (χ3n) is 3.52. The molecular formula is C13H13F3N2O3. The molecule has 0 aliphatic carbocycles. The maximum Gasteiger partial charge on any atom is 0.417 e. The van der Waals surface area contributed by atoms with E-state index in [0.717, 1.165) is 17.0 Å². The van der Waals surface area contributed by atoms with Gasteiger partial charge in [-0.25, -0.2) is 4.79 Å². The lowest BCUT2D eigenvalue weighted by atomic mass is 10.0. The van der Waals surface area contributed by atoms with Crippen LogP contribution >= 0.6 is 0 Å². The molecule has 0 bridgehead atoms. The highest BCUT2D eigenvalue weighted by Gasteiger charge is 2.40. The van der Waals surface area contributed by atoms with Crippen LogP contribution in [0.3, 0.4) is 0 Å². The fourth-order valence-corrected chi connectivity index (χ4v) is 2.39. The molecule has 8 heteroatoms. The van der Waals surface area contributed by atoms with Crippen LogP contribution < -0.4 is 0 Å². The molecule has 0 aromatic carbocycles. The lowest BCUT2D eigenvalue weighted by Crippen LogP contribution is -2.43. The number of pyridine rings is 1. The average Bonchev–Trinajstić information content (AvgIpc) is 2.79. The number of aromatic nitrogens is 1. The van der Waals surface area contributed by atoms with E-state index in [1.165, 1.54) is 0 Å². The predicted molar refractivity (Wildman–Crippen MR) is 65.5 cm³/mol. The van der Waals surface area contributed by atoms with E-state index in [1.54, 1.807) is 6.92 Å². The first-order chi connectivity index (χ1) is 9.71. The van der Waals surface area contributed by atoms with Gasteiger partial charge in [-0.15, -0.1) is 0 Å². The summed E-state index contributed by atoms with van der Waals surface area (Å²) in [6, 6.07) is 0.754. The van der Waals surface area contributed by atoms with Crippen LogP contribution in [0, 0.1) is 5.92 Å². The first kappa shape index (κ1) is 15.3. The van der Waals surface area contributed by atoms with Gasteiger partial charge >= 0.3 is 12.1 Å². The molecule has 1 fully saturated rings. The molecule has 2 rings (SSSR count). The summed E-state index contributed by atoms with van der Waals surface area (Å²) in [5.41, 5.74) is -1.15. The number of halogens is 3. The Morgan fingerprint density at radius 2 is 2.05 bits per heavy atom. The van der Waals surface area contributed by atoms with Gasteiger partial charge < -0.3 is 10.0 Å². The second-order valence-corrected chi connectivity index (χ2v) is 4.98. The number of hydrogen-bond acceptors (Lipinski definition) is 3. The number of nitrogens with zero attached hydrogens (tertiary/aromatic N) is 2. The molecule has 2 atom stereocenters. The van der Waals surface area contributed by atoms with Gasteiger partial charge in [0, 0.05) is 12.7 Å². The summed E-state index contributed by atoms with van der Waals surface area (Å²) in [7, 11) is 0. The standard InChI is InChI=1S/C13H13F3N2O3/c1-7-4-5-18(10(7)12(20)21)11(19)9-3-2-8(6-17-9)13(14,15)16/h2-3,6-7,10H,4-5H2,1H3,(H,20,21). The molecule has 1 aliphatic rings. The largest absolute Gasteiger partial charge is 0.480 e. The van der Waals surface area contributed by atoms with E-state index in [-0.39, 0.29) is 18.2 Å². The van der Waals surface area contributed by atoms with Gasteiger partial charge in [-0.1, -0.05) is 6.92 Å². The number of likely N-dealkylation sites (tertiary alicyclic amines) is 1. The van der Waals surface area contributed by atoms with Crippen molar-refractivity contribution in [1.29, 1.82) is 0 Å². The number of carboxylic acids is 1. The lowest BCUT2D eigenvalue weighted by molar-refractivity contribution is -0.142. The Labute approximate surface area is 118 Å². The fraction of sp³-hybridized carbons (Fsp3) is 0.462. The number of carbonyl (C=O) groups excluding carboxylic acids is 1. The SMILES string of the molecule is CC1CCN(C(=O)c2ccc(C(F)(F)F)cn2)C1C(=O)O. The Balaban J connectivity index is 2.22. The number of carboxylic acid groups (broad SMARTS) is 1. The van der Waals surface area contributed by atoms with Crippen LogP contribution in [-0.2, 0) is 11.0 Å². The third kappa shape index (κ3) is 2.98. The molecule has 5 nitrogen and oxygen atoms in total. The Morgan fingerprint density at radius 3 is 2.52 bits per heavy atom. The summed E-state index contributed by atoms with van der Waals surface area (Å²) >= 11 is 0. The van der Waals surface area contributed by atoms with E-state index >= 15 is 0 Å². The summed E-state index contributed by atoms with van der Waals surface area (Å²) in [4.78, 5) is 28.0. The summed E-state index contributed by atoms with van der Waals surface area (Å²) in [5, 5.41) is 9.14. The van der Waals surface area contributed by atoms with Gasteiger partial charge in [-0.05, 0) is 24.5 Å². The molecule has 0 radical (unpaired) electrons. The van der Waals surface area contributed by atoms with E-state index in [1.807, 2.05) is 0 Å². The molecule has 1 aromatic rings. The average molecular weight is 302 g/mol. The van der Waals surface area contributed by atoms with Gasteiger partial charge in [0.1, 0.15) is 11.7 Å².